The second-order valence-corrected chi connectivity index (χ2v) is 8.19. The lowest BCUT2D eigenvalue weighted by Gasteiger charge is -2.24. The first-order valence-corrected chi connectivity index (χ1v) is 9.31. The van der Waals surface area contributed by atoms with Gasteiger partial charge in [-0.2, -0.15) is 4.31 Å². The molecule has 2 bridgehead atoms. The molecule has 0 radical (unpaired) electrons. The maximum Gasteiger partial charge on any atom is 0.339 e. The Morgan fingerprint density at radius 2 is 1.96 bits per heavy atom. The van der Waals surface area contributed by atoms with Crippen LogP contribution in [0, 0.1) is 6.92 Å². The standard InChI is InChI=1S/C16H22N2O4S.ClH/c1-11-3-6-15(14(9-11)16(19)22-2)23(20,21)18-8-7-12-4-5-13(10-18)17-12;/h3,6,9,12-13,17H,4-5,7-8,10H2,1-2H3;1H. The highest BCUT2D eigenvalue weighted by molar-refractivity contribution is 7.89. The number of esters is 1. The Kier molecular flexibility index (Phi) is 5.91. The zero-order valence-electron chi connectivity index (χ0n) is 13.8. The molecule has 0 saturated carbocycles. The number of hydrogen-bond donors (Lipinski definition) is 1. The third-order valence-electron chi connectivity index (χ3n) is 4.64. The lowest BCUT2D eigenvalue weighted by molar-refractivity contribution is 0.0596. The Morgan fingerprint density at radius 1 is 1.25 bits per heavy atom. The molecule has 0 aliphatic carbocycles. The van der Waals surface area contributed by atoms with Gasteiger partial charge in [-0.25, -0.2) is 13.2 Å². The molecule has 2 fully saturated rings. The SMILES string of the molecule is COC(=O)c1cc(C)ccc1S(=O)(=O)N1CCC2CCC(C1)N2.Cl. The van der Waals surface area contributed by atoms with Crippen LogP contribution in [-0.4, -0.2) is 51.0 Å². The minimum Gasteiger partial charge on any atom is -0.465 e. The number of aryl methyl sites for hydroxylation is 1. The van der Waals surface area contributed by atoms with E-state index in [9.17, 15) is 13.2 Å². The second kappa shape index (κ2) is 7.39. The van der Waals surface area contributed by atoms with Crippen LogP contribution >= 0.6 is 12.4 Å². The predicted octanol–water partition coefficient (Wildman–Crippen LogP) is 1.72. The molecule has 134 valence electrons. The van der Waals surface area contributed by atoms with Crippen LogP contribution in [0.25, 0.3) is 0 Å². The van der Waals surface area contributed by atoms with E-state index in [-0.39, 0.29) is 28.9 Å². The maximum absolute atomic E-state index is 13.1. The molecule has 2 heterocycles. The number of ether oxygens (including phenoxy) is 1. The lowest BCUT2D eigenvalue weighted by Crippen LogP contribution is -2.39. The van der Waals surface area contributed by atoms with Gasteiger partial charge < -0.3 is 10.1 Å². The average molecular weight is 375 g/mol. The Labute approximate surface area is 149 Å². The van der Waals surface area contributed by atoms with Crippen LogP contribution in [0.5, 0.6) is 0 Å². The number of nitrogens with one attached hydrogen (secondary N) is 1. The van der Waals surface area contributed by atoms with Gasteiger partial charge in [-0.15, -0.1) is 12.4 Å². The van der Waals surface area contributed by atoms with Crippen molar-refractivity contribution in [3.8, 4) is 0 Å². The summed E-state index contributed by atoms with van der Waals surface area (Å²) in [6.45, 7) is 2.75. The van der Waals surface area contributed by atoms with Crippen LogP contribution in [-0.2, 0) is 14.8 Å². The number of halogens is 1. The van der Waals surface area contributed by atoms with E-state index in [0.717, 1.165) is 24.8 Å². The molecule has 3 rings (SSSR count). The summed E-state index contributed by atoms with van der Waals surface area (Å²) in [5, 5.41) is 3.47. The summed E-state index contributed by atoms with van der Waals surface area (Å²) in [7, 11) is -2.46. The topological polar surface area (TPSA) is 75.7 Å². The van der Waals surface area contributed by atoms with Crippen LogP contribution in [0.15, 0.2) is 23.1 Å². The average Bonchev–Trinajstić information content (AvgIpc) is 2.84. The quantitative estimate of drug-likeness (QED) is 0.815. The van der Waals surface area contributed by atoms with Crippen LogP contribution < -0.4 is 5.32 Å². The smallest absolute Gasteiger partial charge is 0.339 e. The van der Waals surface area contributed by atoms with E-state index >= 15 is 0 Å². The molecule has 2 aliphatic heterocycles. The van der Waals surface area contributed by atoms with Crippen molar-refractivity contribution in [2.45, 2.75) is 43.2 Å². The largest absolute Gasteiger partial charge is 0.465 e. The predicted molar refractivity (Wildman–Crippen MR) is 93.1 cm³/mol. The number of rotatable bonds is 3. The van der Waals surface area contributed by atoms with Crippen molar-refractivity contribution >= 4 is 28.4 Å². The summed E-state index contributed by atoms with van der Waals surface area (Å²) in [6, 6.07) is 5.39. The van der Waals surface area contributed by atoms with Gasteiger partial charge in [0.15, 0.2) is 0 Å². The number of benzene rings is 1. The van der Waals surface area contributed by atoms with Crippen molar-refractivity contribution < 1.29 is 17.9 Å². The first-order chi connectivity index (χ1) is 10.9. The number of carbonyl (C=O) groups excluding carboxylic acids is 1. The van der Waals surface area contributed by atoms with Gasteiger partial charge in [-0.3, -0.25) is 0 Å². The number of nitrogens with zero attached hydrogens (tertiary/aromatic N) is 1. The van der Waals surface area contributed by atoms with Crippen molar-refractivity contribution in [2.75, 3.05) is 20.2 Å². The van der Waals surface area contributed by atoms with E-state index in [0.29, 0.717) is 19.1 Å². The van der Waals surface area contributed by atoms with E-state index in [1.807, 2.05) is 6.92 Å². The molecule has 24 heavy (non-hydrogen) atoms. The molecular formula is C16H23ClN2O4S. The molecule has 8 heteroatoms. The zero-order valence-corrected chi connectivity index (χ0v) is 15.5. The van der Waals surface area contributed by atoms with Gasteiger partial charge in [0.05, 0.1) is 17.6 Å². The Hall–Kier alpha value is -1.15. The molecule has 1 aromatic carbocycles. The van der Waals surface area contributed by atoms with E-state index in [1.54, 1.807) is 12.1 Å². The van der Waals surface area contributed by atoms with Gasteiger partial charge in [-0.1, -0.05) is 11.6 Å². The van der Waals surface area contributed by atoms with Crippen molar-refractivity contribution in [1.82, 2.24) is 9.62 Å². The highest BCUT2D eigenvalue weighted by Crippen LogP contribution is 2.27. The molecule has 1 aromatic rings. The third kappa shape index (κ3) is 3.59. The summed E-state index contributed by atoms with van der Waals surface area (Å²) in [4.78, 5) is 12.0. The molecule has 0 spiro atoms. The van der Waals surface area contributed by atoms with E-state index in [2.05, 4.69) is 5.32 Å². The number of carbonyl (C=O) groups is 1. The number of fused-ring (bicyclic) bond motifs is 2. The number of methoxy groups -OCH3 is 1. The fraction of sp³-hybridized carbons (Fsp3) is 0.562. The summed E-state index contributed by atoms with van der Waals surface area (Å²) in [5.41, 5.74) is 0.927. The number of sulfonamides is 1. The second-order valence-electron chi connectivity index (χ2n) is 6.28. The highest BCUT2D eigenvalue weighted by Gasteiger charge is 2.36. The van der Waals surface area contributed by atoms with Crippen LogP contribution in [0.1, 0.15) is 35.2 Å². The monoisotopic (exact) mass is 374 g/mol. The van der Waals surface area contributed by atoms with Crippen molar-refractivity contribution in [3.05, 3.63) is 29.3 Å². The minimum absolute atomic E-state index is 0. The number of hydrogen-bond acceptors (Lipinski definition) is 5. The van der Waals surface area contributed by atoms with Gasteiger partial charge in [0.1, 0.15) is 0 Å². The molecule has 2 saturated heterocycles. The molecule has 2 aliphatic rings. The summed E-state index contributed by atoms with van der Waals surface area (Å²) < 4.78 is 32.4. The van der Waals surface area contributed by atoms with E-state index in [1.165, 1.54) is 17.5 Å². The molecule has 2 unspecified atom stereocenters. The van der Waals surface area contributed by atoms with E-state index < -0.39 is 16.0 Å². The van der Waals surface area contributed by atoms with Gasteiger partial charge in [0.25, 0.3) is 0 Å². The molecule has 2 atom stereocenters. The molecule has 0 aromatic heterocycles. The molecular weight excluding hydrogens is 352 g/mol. The fourth-order valence-electron chi connectivity index (χ4n) is 3.41. The van der Waals surface area contributed by atoms with Gasteiger partial charge >= 0.3 is 5.97 Å². The Balaban J connectivity index is 0.00000208. The van der Waals surface area contributed by atoms with Crippen molar-refractivity contribution in [3.63, 3.8) is 0 Å². The fourth-order valence-corrected chi connectivity index (χ4v) is 5.07. The first-order valence-electron chi connectivity index (χ1n) is 7.87. The van der Waals surface area contributed by atoms with Crippen LogP contribution in [0.4, 0.5) is 0 Å². The minimum atomic E-state index is -3.72. The van der Waals surface area contributed by atoms with Crippen LogP contribution in [0.2, 0.25) is 0 Å². The van der Waals surface area contributed by atoms with Gasteiger partial charge in [0.2, 0.25) is 10.0 Å². The van der Waals surface area contributed by atoms with Crippen molar-refractivity contribution in [1.29, 1.82) is 0 Å². The van der Waals surface area contributed by atoms with Crippen LogP contribution in [0.3, 0.4) is 0 Å². The summed E-state index contributed by atoms with van der Waals surface area (Å²) >= 11 is 0. The molecule has 1 N–H and O–H groups in total. The van der Waals surface area contributed by atoms with E-state index in [4.69, 9.17) is 4.74 Å². The van der Waals surface area contributed by atoms with Crippen molar-refractivity contribution in [2.24, 2.45) is 0 Å². The summed E-state index contributed by atoms with van der Waals surface area (Å²) in [5.74, 6) is -0.623. The lowest BCUT2D eigenvalue weighted by atomic mass is 10.1. The zero-order chi connectivity index (χ0) is 16.6. The van der Waals surface area contributed by atoms with Gasteiger partial charge in [0, 0.05) is 25.2 Å². The first kappa shape index (κ1) is 19.2. The summed E-state index contributed by atoms with van der Waals surface area (Å²) in [6.07, 6.45) is 2.90. The molecule has 0 amide bonds. The highest BCUT2D eigenvalue weighted by atomic mass is 35.5. The maximum atomic E-state index is 13.1. The third-order valence-corrected chi connectivity index (χ3v) is 6.57. The molecule has 6 nitrogen and oxygen atoms in total. The Morgan fingerprint density at radius 3 is 2.67 bits per heavy atom. The normalized spacial score (nSPS) is 24.1. The van der Waals surface area contributed by atoms with Gasteiger partial charge in [-0.05, 0) is 38.3 Å². The Bertz CT molecular complexity index is 723.